The van der Waals surface area contributed by atoms with Crippen molar-refractivity contribution in [3.63, 3.8) is 0 Å². The number of amides is 2. The molecule has 8 heteroatoms. The van der Waals surface area contributed by atoms with Crippen molar-refractivity contribution >= 4 is 29.5 Å². The molecule has 1 aromatic carbocycles. The van der Waals surface area contributed by atoms with Gasteiger partial charge in [0.1, 0.15) is 19.3 Å². The highest BCUT2D eigenvalue weighted by atomic mass is 32.2. The van der Waals surface area contributed by atoms with Crippen LogP contribution in [-0.2, 0) is 20.9 Å². The molecule has 2 amide bonds. The number of aliphatic hydroxyl groups is 1. The largest absolute Gasteiger partial charge is 0.445 e. The van der Waals surface area contributed by atoms with E-state index in [0.29, 0.717) is 24.6 Å². The topological polar surface area (TPSA) is 87.2 Å². The molecule has 0 aliphatic carbocycles. The minimum atomic E-state index is -0.629. The molecular formula is C18H22N2O5S. The van der Waals surface area contributed by atoms with Gasteiger partial charge in [-0.1, -0.05) is 30.3 Å². The number of aliphatic hydroxyl groups excluding tert-OH is 1. The molecule has 2 aliphatic rings. The second kappa shape index (κ2) is 8.55. The van der Waals surface area contributed by atoms with E-state index in [9.17, 15) is 14.4 Å². The van der Waals surface area contributed by atoms with Crippen LogP contribution >= 0.6 is 11.8 Å². The average molecular weight is 378 g/mol. The van der Waals surface area contributed by atoms with Crippen molar-refractivity contribution in [2.45, 2.75) is 31.5 Å². The van der Waals surface area contributed by atoms with E-state index in [2.05, 4.69) is 0 Å². The molecule has 0 aromatic heterocycles. The minimum absolute atomic E-state index is 0.150. The molecule has 2 unspecified atom stereocenters. The highest BCUT2D eigenvalue weighted by molar-refractivity contribution is 7.99. The lowest BCUT2D eigenvalue weighted by molar-refractivity contribution is -0.141. The molecule has 140 valence electrons. The number of carbonyl (C=O) groups is 3. The van der Waals surface area contributed by atoms with E-state index < -0.39 is 24.8 Å². The lowest BCUT2D eigenvalue weighted by atomic mass is 10.1. The number of carbonyl (C=O) groups excluding carboxylic acids is 3. The molecule has 2 saturated heterocycles. The predicted octanol–water partition coefficient (Wildman–Crippen LogP) is 1.25. The van der Waals surface area contributed by atoms with Crippen LogP contribution in [0.1, 0.15) is 18.4 Å². The molecule has 1 N–H and O–H groups in total. The summed E-state index contributed by atoms with van der Waals surface area (Å²) in [6.07, 6.45) is 0.755. The average Bonchev–Trinajstić information content (AvgIpc) is 3.35. The van der Waals surface area contributed by atoms with Gasteiger partial charge in [-0.2, -0.15) is 0 Å². The number of thioether (sulfide) groups is 1. The number of ketones is 1. The summed E-state index contributed by atoms with van der Waals surface area (Å²) in [6.45, 7) is 0.0527. The highest BCUT2D eigenvalue weighted by Gasteiger charge is 2.42. The van der Waals surface area contributed by atoms with Crippen molar-refractivity contribution in [3.8, 4) is 0 Å². The molecule has 2 aliphatic heterocycles. The monoisotopic (exact) mass is 378 g/mol. The first-order valence-electron chi connectivity index (χ1n) is 8.61. The first kappa shape index (κ1) is 18.7. The second-order valence-corrected chi connectivity index (χ2v) is 7.34. The van der Waals surface area contributed by atoms with Gasteiger partial charge in [-0.05, 0) is 18.4 Å². The third-order valence-electron chi connectivity index (χ3n) is 4.67. The molecular weight excluding hydrogens is 356 g/mol. The number of ether oxygens (including phenoxy) is 1. The summed E-state index contributed by atoms with van der Waals surface area (Å²) in [4.78, 5) is 40.1. The van der Waals surface area contributed by atoms with Crippen LogP contribution in [0.2, 0.25) is 0 Å². The van der Waals surface area contributed by atoms with Crippen molar-refractivity contribution in [1.82, 2.24) is 9.80 Å². The zero-order valence-corrected chi connectivity index (χ0v) is 15.2. The van der Waals surface area contributed by atoms with E-state index in [0.717, 1.165) is 12.0 Å². The smallest absolute Gasteiger partial charge is 0.411 e. The van der Waals surface area contributed by atoms with E-state index in [1.54, 1.807) is 0 Å². The van der Waals surface area contributed by atoms with Crippen LogP contribution < -0.4 is 0 Å². The van der Waals surface area contributed by atoms with Gasteiger partial charge >= 0.3 is 6.09 Å². The van der Waals surface area contributed by atoms with Crippen molar-refractivity contribution in [1.29, 1.82) is 0 Å². The molecule has 3 rings (SSSR count). The van der Waals surface area contributed by atoms with Crippen molar-refractivity contribution in [2.75, 3.05) is 24.8 Å². The normalized spacial score (nSPS) is 22.5. The maximum atomic E-state index is 12.9. The van der Waals surface area contributed by atoms with E-state index in [1.807, 2.05) is 30.3 Å². The van der Waals surface area contributed by atoms with Crippen LogP contribution in [0.5, 0.6) is 0 Å². The quantitative estimate of drug-likeness (QED) is 0.830. The fraction of sp³-hybridized carbons (Fsp3) is 0.500. The summed E-state index contributed by atoms with van der Waals surface area (Å²) < 4.78 is 5.35. The molecule has 0 radical (unpaired) electrons. The Morgan fingerprint density at radius 2 is 1.92 bits per heavy atom. The summed E-state index contributed by atoms with van der Waals surface area (Å²) >= 11 is 1.49. The number of nitrogens with zero attached hydrogens (tertiary/aromatic N) is 2. The molecule has 0 saturated carbocycles. The van der Waals surface area contributed by atoms with Crippen molar-refractivity contribution in [3.05, 3.63) is 35.9 Å². The third kappa shape index (κ3) is 4.02. The van der Waals surface area contributed by atoms with Gasteiger partial charge in [0.2, 0.25) is 5.91 Å². The zero-order chi connectivity index (χ0) is 18.5. The molecule has 7 nitrogen and oxygen atoms in total. The summed E-state index contributed by atoms with van der Waals surface area (Å²) in [5.41, 5.74) is 0.878. The van der Waals surface area contributed by atoms with Crippen LogP contribution in [0.15, 0.2) is 30.3 Å². The number of benzene rings is 1. The summed E-state index contributed by atoms with van der Waals surface area (Å²) in [7, 11) is 0. The molecule has 26 heavy (non-hydrogen) atoms. The van der Waals surface area contributed by atoms with Gasteiger partial charge in [0.05, 0.1) is 11.9 Å². The maximum Gasteiger partial charge on any atom is 0.411 e. The maximum absolute atomic E-state index is 12.9. The highest BCUT2D eigenvalue weighted by Crippen LogP contribution is 2.27. The number of hydrogen-bond donors (Lipinski definition) is 1. The van der Waals surface area contributed by atoms with E-state index >= 15 is 0 Å². The standard InChI is InChI=1S/C18H22N2O5S/c21-9-16(22)14-7-4-8-19(14)17(23)15-11-26-12-20(15)18(24)25-10-13-5-2-1-3-6-13/h1-3,5-6,14-15,21H,4,7-12H2. The van der Waals surface area contributed by atoms with Crippen LogP contribution in [0, 0.1) is 0 Å². The first-order valence-corrected chi connectivity index (χ1v) is 9.76. The number of Topliss-reactive ketones (excluding diaryl/α,β-unsaturated/α-hetero) is 1. The van der Waals surface area contributed by atoms with Crippen molar-refractivity contribution in [2.24, 2.45) is 0 Å². The Morgan fingerprint density at radius 1 is 1.15 bits per heavy atom. The van der Waals surface area contributed by atoms with E-state index in [1.165, 1.54) is 21.6 Å². The minimum Gasteiger partial charge on any atom is -0.445 e. The summed E-state index contributed by atoms with van der Waals surface area (Å²) in [5.74, 6) is 0.280. The van der Waals surface area contributed by atoms with Crippen LogP contribution in [0.25, 0.3) is 0 Å². The Labute approximate surface area is 156 Å². The molecule has 1 aromatic rings. The summed E-state index contributed by atoms with van der Waals surface area (Å²) in [5, 5.41) is 9.10. The van der Waals surface area contributed by atoms with Gasteiger partial charge in [0.25, 0.3) is 0 Å². The van der Waals surface area contributed by atoms with E-state index in [4.69, 9.17) is 9.84 Å². The lowest BCUT2D eigenvalue weighted by Crippen LogP contribution is -2.52. The zero-order valence-electron chi connectivity index (χ0n) is 14.4. The van der Waals surface area contributed by atoms with Crippen LogP contribution in [0.3, 0.4) is 0 Å². The summed E-state index contributed by atoms with van der Waals surface area (Å²) in [6, 6.07) is 8.14. The predicted molar refractivity (Wildman–Crippen MR) is 96.4 cm³/mol. The Morgan fingerprint density at radius 3 is 2.65 bits per heavy atom. The molecule has 0 spiro atoms. The number of likely N-dealkylation sites (tertiary alicyclic amines) is 1. The van der Waals surface area contributed by atoms with Crippen LogP contribution in [0.4, 0.5) is 4.79 Å². The Balaban J connectivity index is 1.62. The molecule has 2 fully saturated rings. The van der Waals surface area contributed by atoms with Gasteiger partial charge in [0, 0.05) is 12.3 Å². The molecule has 2 heterocycles. The fourth-order valence-corrected chi connectivity index (χ4v) is 4.42. The van der Waals surface area contributed by atoms with Crippen molar-refractivity contribution < 1.29 is 24.2 Å². The Kier molecular flexibility index (Phi) is 6.16. The number of rotatable bonds is 5. The third-order valence-corrected chi connectivity index (χ3v) is 5.68. The lowest BCUT2D eigenvalue weighted by Gasteiger charge is -2.29. The van der Waals surface area contributed by atoms with Gasteiger partial charge in [0.15, 0.2) is 5.78 Å². The second-order valence-electron chi connectivity index (χ2n) is 6.34. The first-order chi connectivity index (χ1) is 12.6. The Hall–Kier alpha value is -2.06. The van der Waals surface area contributed by atoms with Crippen LogP contribution in [-0.4, -0.2) is 69.6 Å². The molecule has 2 atom stereocenters. The fourth-order valence-electron chi connectivity index (χ4n) is 3.29. The number of hydrogen-bond acceptors (Lipinski definition) is 6. The SMILES string of the molecule is O=C(CO)C1CCCN1C(=O)C1CSCN1C(=O)OCc1ccccc1. The van der Waals surface area contributed by atoms with Gasteiger partial charge < -0.3 is 14.7 Å². The van der Waals surface area contributed by atoms with E-state index in [-0.39, 0.29) is 18.3 Å². The van der Waals surface area contributed by atoms with Gasteiger partial charge in [-0.25, -0.2) is 4.79 Å². The van der Waals surface area contributed by atoms with Gasteiger partial charge in [-0.3, -0.25) is 14.5 Å². The molecule has 0 bridgehead atoms. The van der Waals surface area contributed by atoms with Gasteiger partial charge in [-0.15, -0.1) is 11.8 Å². The Bertz CT molecular complexity index is 669.